The van der Waals surface area contributed by atoms with Crippen molar-refractivity contribution in [3.63, 3.8) is 0 Å². The summed E-state index contributed by atoms with van der Waals surface area (Å²) in [5, 5.41) is 6.09. The van der Waals surface area contributed by atoms with Crippen molar-refractivity contribution in [3.05, 3.63) is 16.3 Å². The minimum absolute atomic E-state index is 0.0312. The van der Waals surface area contributed by atoms with Gasteiger partial charge in [0.15, 0.2) is 5.82 Å². The largest absolute Gasteiger partial charge is 0.361 e. The van der Waals surface area contributed by atoms with Gasteiger partial charge in [0.05, 0.1) is 18.0 Å². The van der Waals surface area contributed by atoms with Crippen molar-refractivity contribution in [1.29, 1.82) is 0 Å². The predicted molar refractivity (Wildman–Crippen MR) is 81.0 cm³/mol. The van der Waals surface area contributed by atoms with Crippen LogP contribution in [0.2, 0.25) is 0 Å². The van der Waals surface area contributed by atoms with Gasteiger partial charge in [-0.1, -0.05) is 11.4 Å². The van der Waals surface area contributed by atoms with Crippen LogP contribution in [-0.2, 0) is 26.6 Å². The Kier molecular flexibility index (Phi) is 6.07. The van der Waals surface area contributed by atoms with Crippen molar-refractivity contribution in [2.45, 2.75) is 45.7 Å². The maximum Gasteiger partial charge on any atom is 0.361 e. The molecule has 0 bridgehead atoms. The van der Waals surface area contributed by atoms with Gasteiger partial charge in [0.1, 0.15) is 0 Å². The lowest BCUT2D eigenvalue weighted by Crippen LogP contribution is -2.26. The lowest BCUT2D eigenvalue weighted by Gasteiger charge is -2.25. The van der Waals surface area contributed by atoms with Gasteiger partial charge < -0.3 is 14.9 Å². The Morgan fingerprint density at radius 2 is 1.95 bits per heavy atom. The van der Waals surface area contributed by atoms with Crippen molar-refractivity contribution in [2.24, 2.45) is 0 Å². The van der Waals surface area contributed by atoms with E-state index in [2.05, 4.69) is 10.2 Å². The van der Waals surface area contributed by atoms with Gasteiger partial charge in [-0.2, -0.15) is 9.77 Å². The number of aromatic nitrogens is 3. The highest BCUT2D eigenvalue weighted by Gasteiger charge is 2.24. The lowest BCUT2D eigenvalue weighted by molar-refractivity contribution is 0.186. The summed E-state index contributed by atoms with van der Waals surface area (Å²) in [6.45, 7) is 7.61. The summed E-state index contributed by atoms with van der Waals surface area (Å²) in [6.07, 6.45) is -0.0623. The minimum Gasteiger partial charge on any atom is -0.333 e. The van der Waals surface area contributed by atoms with E-state index in [1.54, 1.807) is 0 Å². The second-order valence-corrected chi connectivity index (χ2v) is 10.6. The van der Waals surface area contributed by atoms with E-state index in [1.807, 2.05) is 27.7 Å². The van der Waals surface area contributed by atoms with Gasteiger partial charge in [0, 0.05) is 0 Å². The molecule has 0 aliphatic heterocycles. The number of nitrogens with zero attached hydrogens (tertiary/aromatic N) is 2. The summed E-state index contributed by atoms with van der Waals surface area (Å²) < 4.78 is 12.4. The molecule has 0 unspecified atom stereocenters. The topological polar surface area (TPSA) is 95.2 Å². The summed E-state index contributed by atoms with van der Waals surface area (Å²) in [5.74, 6) is 6.29. The SMILES string of the molecule is CC(C)OP(=S)(OC(C)C)SCc1n[nH]c(=O)n1N. The molecule has 1 aromatic heterocycles. The van der Waals surface area contributed by atoms with Crippen LogP contribution in [0.3, 0.4) is 0 Å². The summed E-state index contributed by atoms with van der Waals surface area (Å²) in [7, 11) is 0. The zero-order chi connectivity index (χ0) is 14.6. The van der Waals surface area contributed by atoms with E-state index in [9.17, 15) is 4.79 Å². The Morgan fingerprint density at radius 1 is 1.42 bits per heavy atom. The molecule has 0 aliphatic rings. The Hall–Kier alpha value is -0.340. The molecule has 19 heavy (non-hydrogen) atoms. The fraction of sp³-hybridized carbons (Fsp3) is 0.778. The second-order valence-electron chi connectivity index (χ2n) is 4.34. The Bertz CT molecular complexity index is 500. The number of nitrogens with two attached hydrogens (primary N) is 1. The third-order valence-electron chi connectivity index (χ3n) is 1.81. The number of aromatic amines is 1. The number of hydrogen-bond acceptors (Lipinski definition) is 7. The third-order valence-corrected chi connectivity index (χ3v) is 7.19. The first kappa shape index (κ1) is 16.7. The molecule has 0 spiro atoms. The number of nitrogens with one attached hydrogen (secondary N) is 1. The molecule has 0 saturated heterocycles. The van der Waals surface area contributed by atoms with E-state index in [1.165, 1.54) is 11.4 Å². The second kappa shape index (κ2) is 6.90. The molecule has 10 heteroatoms. The van der Waals surface area contributed by atoms with Gasteiger partial charge >= 0.3 is 5.69 Å². The quantitative estimate of drug-likeness (QED) is 0.580. The Morgan fingerprint density at radius 3 is 2.32 bits per heavy atom. The van der Waals surface area contributed by atoms with Crippen LogP contribution >= 0.6 is 17.1 Å². The normalized spacial score (nSPS) is 12.5. The zero-order valence-electron chi connectivity index (χ0n) is 11.3. The van der Waals surface area contributed by atoms with Crippen LogP contribution in [0, 0.1) is 0 Å². The van der Waals surface area contributed by atoms with Gasteiger partial charge in [-0.25, -0.2) is 9.89 Å². The number of hydrogen-bond donors (Lipinski definition) is 2. The van der Waals surface area contributed by atoms with Gasteiger partial charge in [0.25, 0.3) is 0 Å². The van der Waals surface area contributed by atoms with Crippen molar-refractivity contribution >= 4 is 28.9 Å². The highest BCUT2D eigenvalue weighted by Crippen LogP contribution is 2.63. The molecule has 0 radical (unpaired) electrons. The number of rotatable bonds is 7. The van der Waals surface area contributed by atoms with E-state index in [-0.39, 0.29) is 12.2 Å². The summed E-state index contributed by atoms with van der Waals surface area (Å²) in [4.78, 5) is 11.2. The molecule has 0 aromatic carbocycles. The summed E-state index contributed by atoms with van der Waals surface area (Å²) >= 11 is 6.79. The maximum absolute atomic E-state index is 11.2. The number of H-pyrrole nitrogens is 1. The monoisotopic (exact) mass is 326 g/mol. The fourth-order valence-electron chi connectivity index (χ4n) is 1.18. The van der Waals surface area contributed by atoms with Crippen LogP contribution in [0.5, 0.6) is 0 Å². The maximum atomic E-state index is 11.2. The van der Waals surface area contributed by atoms with E-state index < -0.39 is 11.4 Å². The first-order valence-corrected chi connectivity index (χ1v) is 9.99. The first-order chi connectivity index (χ1) is 8.73. The molecule has 0 saturated carbocycles. The molecule has 0 amide bonds. The lowest BCUT2D eigenvalue weighted by atomic mass is 10.5. The average molecular weight is 326 g/mol. The smallest absolute Gasteiger partial charge is 0.333 e. The van der Waals surface area contributed by atoms with Gasteiger partial charge in [-0.05, 0) is 39.5 Å². The van der Waals surface area contributed by atoms with E-state index in [0.29, 0.717) is 11.6 Å². The molecule has 0 fully saturated rings. The molecular weight excluding hydrogens is 307 g/mol. The molecule has 1 rings (SSSR count). The standard InChI is InChI=1S/C9H19N4O3PS2/c1-6(2)15-17(18,16-7(3)4)19-5-8-11-12-9(14)13(8)10/h6-7H,5,10H2,1-4H3,(H,12,14). The van der Waals surface area contributed by atoms with Crippen LogP contribution < -0.4 is 11.5 Å². The van der Waals surface area contributed by atoms with Crippen LogP contribution in [0.15, 0.2) is 4.79 Å². The molecule has 3 N–H and O–H groups in total. The summed E-state index contributed by atoms with van der Waals surface area (Å²) in [6, 6.07) is 0. The zero-order valence-corrected chi connectivity index (χ0v) is 13.8. The van der Waals surface area contributed by atoms with Crippen LogP contribution in [0.4, 0.5) is 0 Å². The third kappa shape index (κ3) is 5.27. The molecule has 0 aliphatic carbocycles. The van der Waals surface area contributed by atoms with Crippen LogP contribution in [0.25, 0.3) is 0 Å². The Balaban J connectivity index is 2.75. The molecule has 1 heterocycles. The van der Waals surface area contributed by atoms with Gasteiger partial charge in [0.2, 0.25) is 5.69 Å². The molecule has 1 aromatic rings. The van der Waals surface area contributed by atoms with E-state index in [0.717, 1.165) is 4.68 Å². The Labute approximate surface area is 121 Å². The van der Waals surface area contributed by atoms with Gasteiger partial charge in [-0.15, -0.1) is 0 Å². The molecule has 110 valence electrons. The predicted octanol–water partition coefficient (Wildman–Crippen LogP) is 1.59. The first-order valence-electron chi connectivity index (χ1n) is 5.76. The molecular formula is C9H19N4O3PS2. The average Bonchev–Trinajstić information content (AvgIpc) is 2.55. The van der Waals surface area contributed by atoms with Crippen molar-refractivity contribution in [3.8, 4) is 0 Å². The van der Waals surface area contributed by atoms with E-state index in [4.69, 9.17) is 26.7 Å². The van der Waals surface area contributed by atoms with Crippen molar-refractivity contribution in [1.82, 2.24) is 14.9 Å². The summed E-state index contributed by atoms with van der Waals surface area (Å²) in [5.41, 5.74) is -2.94. The van der Waals surface area contributed by atoms with Gasteiger partial charge in [-0.3, -0.25) is 0 Å². The highest BCUT2D eigenvalue weighted by atomic mass is 32.9. The highest BCUT2D eigenvalue weighted by molar-refractivity contribution is 8.67. The minimum atomic E-state index is -2.48. The fourth-order valence-corrected chi connectivity index (χ4v) is 6.59. The van der Waals surface area contributed by atoms with Crippen molar-refractivity contribution < 1.29 is 9.05 Å². The van der Waals surface area contributed by atoms with E-state index >= 15 is 0 Å². The number of nitrogen functional groups attached to an aromatic ring is 1. The molecule has 7 nitrogen and oxygen atoms in total. The van der Waals surface area contributed by atoms with Crippen LogP contribution in [-0.4, -0.2) is 27.1 Å². The molecule has 0 atom stereocenters. The van der Waals surface area contributed by atoms with Crippen molar-refractivity contribution in [2.75, 3.05) is 5.84 Å². The van der Waals surface area contributed by atoms with Crippen LogP contribution in [0.1, 0.15) is 33.5 Å².